The Labute approximate surface area is 97.1 Å². The van der Waals surface area contributed by atoms with Gasteiger partial charge in [0.25, 0.3) is 0 Å². The van der Waals surface area contributed by atoms with Crippen molar-refractivity contribution in [2.24, 2.45) is 11.3 Å². The van der Waals surface area contributed by atoms with Crippen molar-refractivity contribution in [1.82, 2.24) is 10.1 Å². The first-order valence-electron chi connectivity index (χ1n) is 5.85. The van der Waals surface area contributed by atoms with Gasteiger partial charge in [-0.25, -0.2) is 0 Å². The van der Waals surface area contributed by atoms with Crippen LogP contribution in [0.2, 0.25) is 0 Å². The summed E-state index contributed by atoms with van der Waals surface area (Å²) in [5.41, 5.74) is 0.220. The zero-order valence-electron chi connectivity index (χ0n) is 10.8. The summed E-state index contributed by atoms with van der Waals surface area (Å²) < 4.78 is 5.13. The highest BCUT2D eigenvalue weighted by molar-refractivity contribution is 4.92. The van der Waals surface area contributed by atoms with Gasteiger partial charge in [0.05, 0.1) is 0 Å². The first-order chi connectivity index (χ1) is 7.34. The monoisotopic (exact) mass is 226 g/mol. The van der Waals surface area contributed by atoms with Gasteiger partial charge in [-0.15, -0.1) is 0 Å². The summed E-state index contributed by atoms with van der Waals surface area (Å²) in [5.74, 6) is 1.48. The Morgan fingerprint density at radius 1 is 1.38 bits per heavy atom. The van der Waals surface area contributed by atoms with Gasteiger partial charge in [0, 0.05) is 6.42 Å². The third kappa shape index (κ3) is 3.30. The lowest BCUT2D eigenvalue weighted by Crippen LogP contribution is -2.19. The highest BCUT2D eigenvalue weighted by Crippen LogP contribution is 2.28. The number of hydrogen-bond donors (Lipinski definition) is 1. The van der Waals surface area contributed by atoms with E-state index in [2.05, 4.69) is 37.8 Å². The fraction of sp³-hybridized carbons (Fsp3) is 0.833. The van der Waals surface area contributed by atoms with Gasteiger partial charge in [-0.3, -0.25) is 0 Å². The average Bonchev–Trinajstić information content (AvgIpc) is 2.63. The maximum atomic E-state index is 9.55. The van der Waals surface area contributed by atoms with E-state index < -0.39 is 6.10 Å². The van der Waals surface area contributed by atoms with Crippen molar-refractivity contribution in [3.05, 3.63) is 11.7 Å². The molecule has 0 radical (unpaired) electrons. The Morgan fingerprint density at radius 3 is 2.50 bits per heavy atom. The third-order valence-electron chi connectivity index (χ3n) is 3.13. The van der Waals surface area contributed by atoms with Crippen molar-refractivity contribution in [2.45, 2.75) is 53.6 Å². The van der Waals surface area contributed by atoms with E-state index in [4.69, 9.17) is 4.52 Å². The smallest absolute Gasteiger partial charge is 0.227 e. The Morgan fingerprint density at radius 2 is 2.00 bits per heavy atom. The van der Waals surface area contributed by atoms with E-state index >= 15 is 0 Å². The molecule has 4 nitrogen and oxygen atoms in total. The van der Waals surface area contributed by atoms with Crippen molar-refractivity contribution in [3.8, 4) is 0 Å². The molecule has 1 aromatic heterocycles. The van der Waals surface area contributed by atoms with Crippen LogP contribution in [0.4, 0.5) is 0 Å². The number of rotatable bonds is 4. The quantitative estimate of drug-likeness (QED) is 0.857. The van der Waals surface area contributed by atoms with E-state index in [9.17, 15) is 5.11 Å². The van der Waals surface area contributed by atoms with Gasteiger partial charge >= 0.3 is 0 Å². The molecule has 4 heteroatoms. The first kappa shape index (κ1) is 13.2. The van der Waals surface area contributed by atoms with Crippen LogP contribution in [0.3, 0.4) is 0 Å². The predicted octanol–water partition coefficient (Wildman–Crippen LogP) is 2.74. The summed E-state index contributed by atoms with van der Waals surface area (Å²) in [5, 5.41) is 13.3. The zero-order chi connectivity index (χ0) is 12.3. The molecule has 1 aromatic rings. The van der Waals surface area contributed by atoms with Crippen molar-refractivity contribution in [1.29, 1.82) is 0 Å². The lowest BCUT2D eigenvalue weighted by atomic mass is 9.80. The minimum absolute atomic E-state index is 0.220. The number of aromatic nitrogens is 2. The van der Waals surface area contributed by atoms with Crippen LogP contribution in [0.15, 0.2) is 4.52 Å². The minimum Gasteiger partial charge on any atom is -0.385 e. The van der Waals surface area contributed by atoms with Gasteiger partial charge in [0.2, 0.25) is 5.89 Å². The van der Waals surface area contributed by atoms with Gasteiger partial charge in [-0.2, -0.15) is 4.98 Å². The molecule has 16 heavy (non-hydrogen) atoms. The van der Waals surface area contributed by atoms with Gasteiger partial charge in [0.1, 0.15) is 6.10 Å². The lowest BCUT2D eigenvalue weighted by molar-refractivity contribution is 0.159. The van der Waals surface area contributed by atoms with Crippen molar-refractivity contribution in [2.75, 3.05) is 0 Å². The SMILES string of the molecule is CCC(O)c1noc(CC(C)C(C)(C)C)n1. The molecule has 1 rings (SSSR count). The molecule has 0 saturated carbocycles. The fourth-order valence-electron chi connectivity index (χ4n) is 1.24. The van der Waals surface area contributed by atoms with Crippen LogP contribution < -0.4 is 0 Å². The van der Waals surface area contributed by atoms with Crippen LogP contribution >= 0.6 is 0 Å². The van der Waals surface area contributed by atoms with Crippen LogP contribution in [0, 0.1) is 11.3 Å². The molecule has 1 heterocycles. The second-order valence-corrected chi connectivity index (χ2v) is 5.44. The summed E-state index contributed by atoms with van der Waals surface area (Å²) in [7, 11) is 0. The zero-order valence-corrected chi connectivity index (χ0v) is 10.8. The van der Waals surface area contributed by atoms with Crippen LogP contribution in [0.25, 0.3) is 0 Å². The molecule has 0 fully saturated rings. The van der Waals surface area contributed by atoms with E-state index in [1.54, 1.807) is 0 Å². The predicted molar refractivity (Wildman–Crippen MR) is 61.9 cm³/mol. The molecule has 1 N–H and O–H groups in total. The molecule has 92 valence electrons. The summed E-state index contributed by atoms with van der Waals surface area (Å²) in [6.07, 6.45) is 0.753. The van der Waals surface area contributed by atoms with Gasteiger partial charge in [-0.05, 0) is 17.8 Å². The highest BCUT2D eigenvalue weighted by Gasteiger charge is 2.23. The van der Waals surface area contributed by atoms with E-state index in [-0.39, 0.29) is 5.41 Å². The van der Waals surface area contributed by atoms with Crippen molar-refractivity contribution >= 4 is 0 Å². The van der Waals surface area contributed by atoms with Crippen LogP contribution in [-0.4, -0.2) is 15.2 Å². The first-order valence-corrected chi connectivity index (χ1v) is 5.85. The van der Waals surface area contributed by atoms with Crippen LogP contribution in [-0.2, 0) is 6.42 Å². The van der Waals surface area contributed by atoms with E-state index in [1.165, 1.54) is 0 Å². The molecule has 0 spiro atoms. The molecule has 0 aliphatic carbocycles. The van der Waals surface area contributed by atoms with E-state index in [1.807, 2.05) is 6.92 Å². The second-order valence-electron chi connectivity index (χ2n) is 5.44. The van der Waals surface area contributed by atoms with Crippen molar-refractivity contribution < 1.29 is 9.63 Å². The highest BCUT2D eigenvalue weighted by atomic mass is 16.5. The molecule has 0 aliphatic rings. The maximum absolute atomic E-state index is 9.55. The number of aliphatic hydroxyl groups is 1. The van der Waals surface area contributed by atoms with E-state index in [0.29, 0.717) is 24.1 Å². The molecule has 0 aromatic carbocycles. The molecule has 0 bridgehead atoms. The molecule has 2 atom stereocenters. The maximum Gasteiger partial charge on any atom is 0.227 e. The lowest BCUT2D eigenvalue weighted by Gasteiger charge is -2.25. The Hall–Kier alpha value is -0.900. The molecule has 0 aliphatic heterocycles. The third-order valence-corrected chi connectivity index (χ3v) is 3.13. The average molecular weight is 226 g/mol. The van der Waals surface area contributed by atoms with Gasteiger partial charge < -0.3 is 9.63 Å². The Bertz CT molecular complexity index is 328. The van der Waals surface area contributed by atoms with Gasteiger partial charge in [0.15, 0.2) is 5.82 Å². The van der Waals surface area contributed by atoms with Crippen LogP contribution in [0.5, 0.6) is 0 Å². The minimum atomic E-state index is -0.609. The van der Waals surface area contributed by atoms with Crippen molar-refractivity contribution in [3.63, 3.8) is 0 Å². The molecule has 0 saturated heterocycles. The topological polar surface area (TPSA) is 59.2 Å². The Balaban J connectivity index is 2.66. The summed E-state index contributed by atoms with van der Waals surface area (Å²) in [4.78, 5) is 4.21. The van der Waals surface area contributed by atoms with Gasteiger partial charge in [-0.1, -0.05) is 39.8 Å². The molecular formula is C12H22N2O2. The molecule has 0 amide bonds. The van der Waals surface area contributed by atoms with Crippen LogP contribution in [0.1, 0.15) is 58.9 Å². The summed E-state index contributed by atoms with van der Waals surface area (Å²) >= 11 is 0. The second kappa shape index (κ2) is 4.95. The molecule has 2 unspecified atom stereocenters. The number of hydrogen-bond acceptors (Lipinski definition) is 4. The van der Waals surface area contributed by atoms with E-state index in [0.717, 1.165) is 6.42 Å². The standard InChI is InChI=1S/C12H22N2O2/c1-6-9(15)11-13-10(16-14-11)7-8(2)12(3,4)5/h8-9,15H,6-7H2,1-5H3. The molecular weight excluding hydrogens is 204 g/mol. The number of aliphatic hydroxyl groups excluding tert-OH is 1. The number of nitrogens with zero attached hydrogens (tertiary/aromatic N) is 2. The largest absolute Gasteiger partial charge is 0.385 e. The summed E-state index contributed by atoms with van der Waals surface area (Å²) in [6, 6.07) is 0. The normalized spacial score (nSPS) is 16.1. The summed E-state index contributed by atoms with van der Waals surface area (Å²) in [6.45, 7) is 10.6. The fourth-order valence-corrected chi connectivity index (χ4v) is 1.24. The Kier molecular flexibility index (Phi) is 4.08.